The lowest BCUT2D eigenvalue weighted by Crippen LogP contribution is -2.40. The van der Waals surface area contributed by atoms with E-state index >= 15 is 0 Å². The molecule has 0 spiro atoms. The number of halogens is 1. The van der Waals surface area contributed by atoms with Gasteiger partial charge in [0.25, 0.3) is 0 Å². The Bertz CT molecular complexity index is 671. The smallest absolute Gasteiger partial charge is 0.123 e. The minimum atomic E-state index is -0.180. The molecule has 2 aliphatic rings. The van der Waals surface area contributed by atoms with Crippen LogP contribution in [0.5, 0.6) is 0 Å². The maximum absolute atomic E-state index is 13.4. The summed E-state index contributed by atoms with van der Waals surface area (Å²) in [7, 11) is 0. The molecule has 0 aromatic heterocycles. The van der Waals surface area contributed by atoms with Gasteiger partial charge in [-0.3, -0.25) is 0 Å². The predicted octanol–water partition coefficient (Wildman–Crippen LogP) is 5.42. The third kappa shape index (κ3) is 2.75. The number of nitrogens with zero attached hydrogens (tertiary/aromatic N) is 1. The molecule has 2 unspecified atom stereocenters. The highest BCUT2D eigenvalue weighted by Gasteiger charge is 2.43. The normalized spacial score (nSPS) is 23.9. The second-order valence-corrected chi connectivity index (χ2v) is 7.81. The van der Waals surface area contributed by atoms with Crippen molar-refractivity contribution in [3.05, 3.63) is 65.6 Å². The fraction of sp³-hybridized carbons (Fsp3) is 0.429. The van der Waals surface area contributed by atoms with Crippen LogP contribution in [-0.2, 0) is 0 Å². The van der Waals surface area contributed by atoms with Crippen LogP contribution in [-0.4, -0.2) is 17.0 Å². The average molecular weight is 311 g/mol. The third-order valence-corrected chi connectivity index (χ3v) is 4.70. The molecule has 1 aliphatic heterocycles. The summed E-state index contributed by atoms with van der Waals surface area (Å²) in [5.74, 6) is 0.156. The van der Waals surface area contributed by atoms with Crippen molar-refractivity contribution in [2.45, 2.75) is 46.7 Å². The van der Waals surface area contributed by atoms with Gasteiger partial charge in [0.1, 0.15) is 5.82 Å². The quantitative estimate of drug-likeness (QED) is 0.705. The van der Waals surface area contributed by atoms with Crippen LogP contribution in [0.3, 0.4) is 0 Å². The summed E-state index contributed by atoms with van der Waals surface area (Å²) in [6.07, 6.45) is 8.86. The van der Waals surface area contributed by atoms with E-state index in [2.05, 4.69) is 63.8 Å². The molecule has 0 N–H and O–H groups in total. The molecule has 23 heavy (non-hydrogen) atoms. The Morgan fingerprint density at radius 3 is 2.17 bits per heavy atom. The van der Waals surface area contributed by atoms with Crippen LogP contribution >= 0.6 is 0 Å². The zero-order valence-corrected chi connectivity index (χ0v) is 14.7. The third-order valence-electron chi connectivity index (χ3n) is 4.70. The molecule has 0 amide bonds. The summed E-state index contributed by atoms with van der Waals surface area (Å²) in [5.41, 5.74) is 3.89. The Balaban J connectivity index is 2.23. The van der Waals surface area contributed by atoms with Crippen LogP contribution in [0.15, 0.2) is 54.3 Å². The summed E-state index contributed by atoms with van der Waals surface area (Å²) in [6, 6.07) is 7.75. The Kier molecular flexibility index (Phi) is 3.95. The average Bonchev–Trinajstić information content (AvgIpc) is 2.83. The van der Waals surface area contributed by atoms with Crippen molar-refractivity contribution < 1.29 is 4.39 Å². The topological polar surface area (TPSA) is 3.24 Å². The molecule has 3 rings (SSSR count). The van der Waals surface area contributed by atoms with Gasteiger partial charge in [0.05, 0.1) is 6.04 Å². The van der Waals surface area contributed by atoms with E-state index in [1.165, 1.54) is 11.3 Å². The molecular weight excluding hydrogens is 285 g/mol. The van der Waals surface area contributed by atoms with Crippen LogP contribution in [0, 0.1) is 17.2 Å². The Morgan fingerprint density at radius 1 is 1.00 bits per heavy atom. The molecule has 2 heteroatoms. The van der Waals surface area contributed by atoms with Gasteiger partial charge in [-0.15, -0.1) is 0 Å². The molecule has 0 saturated carbocycles. The van der Waals surface area contributed by atoms with Crippen LogP contribution in [0.1, 0.15) is 40.2 Å². The van der Waals surface area contributed by atoms with E-state index in [1.54, 1.807) is 12.1 Å². The van der Waals surface area contributed by atoms with E-state index in [4.69, 9.17) is 0 Å². The van der Waals surface area contributed by atoms with Gasteiger partial charge in [-0.25, -0.2) is 4.39 Å². The van der Waals surface area contributed by atoms with Crippen LogP contribution in [0.4, 0.5) is 4.39 Å². The number of benzene rings is 1. The van der Waals surface area contributed by atoms with Crippen molar-refractivity contribution >= 4 is 5.57 Å². The summed E-state index contributed by atoms with van der Waals surface area (Å²) in [5, 5.41) is 0. The molecule has 1 nitrogen and oxygen atoms in total. The standard InChI is InChI=1S/C21H26FN/c1-14(2)23-18-9-7-6-8-17(18)19(20(23)21(3,4)5)15-10-12-16(22)13-11-15/h6-14,17-18H,1-5H3. The second kappa shape index (κ2) is 5.67. The van der Waals surface area contributed by atoms with Crippen molar-refractivity contribution in [2.24, 2.45) is 11.3 Å². The van der Waals surface area contributed by atoms with Crippen LogP contribution in [0.2, 0.25) is 0 Å². The molecular formula is C21H26FN. The van der Waals surface area contributed by atoms with Crippen LogP contribution in [0.25, 0.3) is 5.57 Å². The predicted molar refractivity (Wildman–Crippen MR) is 95.3 cm³/mol. The first-order valence-electron chi connectivity index (χ1n) is 8.44. The highest BCUT2D eigenvalue weighted by atomic mass is 19.1. The van der Waals surface area contributed by atoms with E-state index in [-0.39, 0.29) is 11.2 Å². The number of fused-ring (bicyclic) bond motifs is 1. The first-order valence-corrected chi connectivity index (χ1v) is 8.44. The van der Waals surface area contributed by atoms with Gasteiger partial charge in [-0.2, -0.15) is 0 Å². The highest BCUT2D eigenvalue weighted by Crippen LogP contribution is 2.49. The van der Waals surface area contributed by atoms with Gasteiger partial charge in [0, 0.05) is 23.1 Å². The van der Waals surface area contributed by atoms with E-state index in [0.717, 1.165) is 5.56 Å². The van der Waals surface area contributed by atoms with Crippen molar-refractivity contribution in [1.82, 2.24) is 4.90 Å². The molecule has 0 saturated heterocycles. The molecule has 1 heterocycles. The molecule has 122 valence electrons. The molecule has 1 aliphatic carbocycles. The number of rotatable bonds is 2. The van der Waals surface area contributed by atoms with Crippen molar-refractivity contribution in [3.8, 4) is 0 Å². The zero-order valence-electron chi connectivity index (χ0n) is 14.7. The summed E-state index contributed by atoms with van der Waals surface area (Å²) in [6.45, 7) is 11.3. The number of hydrogen-bond donors (Lipinski definition) is 0. The fourth-order valence-corrected chi connectivity index (χ4v) is 3.93. The Labute approximate surface area is 139 Å². The molecule has 0 radical (unpaired) electrons. The largest absolute Gasteiger partial charge is 0.364 e. The lowest BCUT2D eigenvalue weighted by Gasteiger charge is -2.39. The SMILES string of the molecule is CC(C)N1C(C(C)(C)C)=C(c2ccc(F)cc2)C2C=CC=CC21. The Morgan fingerprint density at radius 2 is 1.61 bits per heavy atom. The van der Waals surface area contributed by atoms with Gasteiger partial charge >= 0.3 is 0 Å². The Hall–Kier alpha value is -1.83. The summed E-state index contributed by atoms with van der Waals surface area (Å²) < 4.78 is 13.4. The lowest BCUT2D eigenvalue weighted by atomic mass is 9.82. The van der Waals surface area contributed by atoms with E-state index in [1.807, 2.05) is 12.1 Å². The molecule has 1 aromatic rings. The zero-order chi connectivity index (χ0) is 16.8. The first kappa shape index (κ1) is 16.0. The molecule has 1 aromatic carbocycles. The highest BCUT2D eigenvalue weighted by molar-refractivity contribution is 5.76. The first-order chi connectivity index (χ1) is 10.8. The van der Waals surface area contributed by atoms with Gasteiger partial charge in [0.15, 0.2) is 0 Å². The second-order valence-electron chi connectivity index (χ2n) is 7.81. The van der Waals surface area contributed by atoms with E-state index < -0.39 is 0 Å². The molecule has 2 atom stereocenters. The molecule has 0 bridgehead atoms. The number of allylic oxidation sites excluding steroid dienone is 3. The van der Waals surface area contributed by atoms with Crippen molar-refractivity contribution in [2.75, 3.05) is 0 Å². The van der Waals surface area contributed by atoms with Crippen LogP contribution < -0.4 is 0 Å². The summed E-state index contributed by atoms with van der Waals surface area (Å²) >= 11 is 0. The lowest BCUT2D eigenvalue weighted by molar-refractivity contribution is 0.200. The summed E-state index contributed by atoms with van der Waals surface area (Å²) in [4.78, 5) is 2.54. The van der Waals surface area contributed by atoms with Gasteiger partial charge in [-0.05, 0) is 37.1 Å². The maximum atomic E-state index is 13.4. The van der Waals surface area contributed by atoms with Gasteiger partial charge in [-0.1, -0.05) is 57.2 Å². The monoisotopic (exact) mass is 311 g/mol. The van der Waals surface area contributed by atoms with Crippen molar-refractivity contribution in [3.63, 3.8) is 0 Å². The van der Waals surface area contributed by atoms with Crippen molar-refractivity contribution in [1.29, 1.82) is 0 Å². The minimum Gasteiger partial charge on any atom is -0.364 e. The van der Waals surface area contributed by atoms with E-state index in [9.17, 15) is 4.39 Å². The van der Waals surface area contributed by atoms with Gasteiger partial charge in [0.2, 0.25) is 0 Å². The number of hydrogen-bond acceptors (Lipinski definition) is 1. The van der Waals surface area contributed by atoms with Gasteiger partial charge < -0.3 is 4.90 Å². The molecule has 0 fully saturated rings. The minimum absolute atomic E-state index is 0.0347. The maximum Gasteiger partial charge on any atom is 0.123 e. The van der Waals surface area contributed by atoms with E-state index in [0.29, 0.717) is 18.0 Å². The fourth-order valence-electron chi connectivity index (χ4n) is 3.93.